The van der Waals surface area contributed by atoms with Crippen molar-refractivity contribution < 1.29 is 14.6 Å². The van der Waals surface area contributed by atoms with E-state index in [9.17, 15) is 9.90 Å². The normalized spacial score (nSPS) is 26.9. The van der Waals surface area contributed by atoms with Crippen molar-refractivity contribution in [3.05, 3.63) is 0 Å². The second kappa shape index (κ2) is 6.90. The molecular weight excluding hydrogens is 222 g/mol. The van der Waals surface area contributed by atoms with Gasteiger partial charge in [-0.25, -0.2) is 5.84 Å². The number of hydrogen-bond donors (Lipinski definition) is 3. The number of likely N-dealkylation sites (N-methyl/N-ethyl adjacent to an activating group) is 1. The van der Waals surface area contributed by atoms with Gasteiger partial charge in [0.15, 0.2) is 0 Å². The first-order chi connectivity index (χ1) is 8.11. The number of carbonyl (C=O) groups excluding carboxylic acids is 1. The molecule has 1 aliphatic carbocycles. The molecule has 0 aromatic rings. The van der Waals surface area contributed by atoms with Gasteiger partial charge in [-0.05, 0) is 19.9 Å². The molecule has 0 saturated heterocycles. The van der Waals surface area contributed by atoms with E-state index in [1.165, 1.54) is 0 Å². The van der Waals surface area contributed by atoms with Gasteiger partial charge in [-0.2, -0.15) is 0 Å². The van der Waals surface area contributed by atoms with E-state index in [0.29, 0.717) is 0 Å². The largest absolute Gasteiger partial charge is 0.391 e. The van der Waals surface area contributed by atoms with Crippen LogP contribution in [0.3, 0.4) is 0 Å². The van der Waals surface area contributed by atoms with E-state index in [-0.39, 0.29) is 24.7 Å². The van der Waals surface area contributed by atoms with Gasteiger partial charge in [0.1, 0.15) is 6.04 Å². The number of hydrogen-bond acceptors (Lipinski definition) is 5. The quantitative estimate of drug-likeness (QED) is 0.336. The lowest BCUT2D eigenvalue weighted by atomic mass is 9.91. The van der Waals surface area contributed by atoms with Crippen LogP contribution in [-0.2, 0) is 9.53 Å². The molecule has 3 unspecified atom stereocenters. The first-order valence-corrected chi connectivity index (χ1v) is 6.01. The molecule has 1 saturated carbocycles. The lowest BCUT2D eigenvalue weighted by molar-refractivity contribution is -0.130. The molecule has 6 heteroatoms. The molecule has 0 aliphatic heterocycles. The highest BCUT2D eigenvalue weighted by Gasteiger charge is 2.33. The molecule has 0 bridgehead atoms. The Morgan fingerprint density at radius 1 is 1.59 bits per heavy atom. The van der Waals surface area contributed by atoms with Crippen LogP contribution in [0.25, 0.3) is 0 Å². The third-order valence-corrected chi connectivity index (χ3v) is 3.48. The zero-order valence-corrected chi connectivity index (χ0v) is 10.6. The minimum atomic E-state index is -0.456. The number of aliphatic hydroxyl groups excluding tert-OH is 1. The van der Waals surface area contributed by atoms with Gasteiger partial charge in [0, 0.05) is 13.2 Å². The van der Waals surface area contributed by atoms with Crippen molar-refractivity contribution in [3.63, 3.8) is 0 Å². The standard InChI is InChI=1S/C11H23N3O3/c1-14(8-5-3-4-6-10(8)15)9(7-17-2)11(16)13-12/h8-10,15H,3-7,12H2,1-2H3,(H,13,16). The number of nitrogens with two attached hydrogens (primary N) is 1. The summed E-state index contributed by atoms with van der Waals surface area (Å²) in [6.45, 7) is 0.267. The molecule has 1 rings (SSSR count). The lowest BCUT2D eigenvalue weighted by Crippen LogP contribution is -2.56. The number of amides is 1. The van der Waals surface area contributed by atoms with Crippen molar-refractivity contribution in [2.75, 3.05) is 20.8 Å². The molecule has 0 aromatic carbocycles. The summed E-state index contributed by atoms with van der Waals surface area (Å²) in [7, 11) is 3.38. The van der Waals surface area contributed by atoms with Crippen molar-refractivity contribution in [2.24, 2.45) is 5.84 Å². The van der Waals surface area contributed by atoms with Crippen LogP contribution >= 0.6 is 0 Å². The molecule has 1 aliphatic rings. The van der Waals surface area contributed by atoms with E-state index in [0.717, 1.165) is 25.7 Å². The minimum absolute atomic E-state index is 0.00111. The predicted molar refractivity (Wildman–Crippen MR) is 64.0 cm³/mol. The molecule has 1 fully saturated rings. The summed E-state index contributed by atoms with van der Waals surface area (Å²) in [5.74, 6) is 4.88. The second-order valence-corrected chi connectivity index (χ2v) is 4.56. The van der Waals surface area contributed by atoms with Crippen LogP contribution in [0.15, 0.2) is 0 Å². The molecule has 0 aromatic heterocycles. The fraction of sp³-hybridized carbons (Fsp3) is 0.909. The summed E-state index contributed by atoms with van der Waals surface area (Å²) >= 11 is 0. The Kier molecular flexibility index (Phi) is 5.84. The average Bonchev–Trinajstić information content (AvgIpc) is 2.35. The summed E-state index contributed by atoms with van der Waals surface area (Å²) in [5, 5.41) is 9.97. The average molecular weight is 245 g/mol. The highest BCUT2D eigenvalue weighted by molar-refractivity contribution is 5.81. The summed E-state index contributed by atoms with van der Waals surface area (Å²) in [4.78, 5) is 13.5. The molecule has 6 nitrogen and oxygen atoms in total. The fourth-order valence-corrected chi connectivity index (χ4v) is 2.43. The number of nitrogens with one attached hydrogen (secondary N) is 1. The summed E-state index contributed by atoms with van der Waals surface area (Å²) in [5.41, 5.74) is 2.14. The van der Waals surface area contributed by atoms with Gasteiger partial charge in [-0.15, -0.1) is 0 Å². The van der Waals surface area contributed by atoms with Gasteiger partial charge in [0.2, 0.25) is 0 Å². The molecule has 17 heavy (non-hydrogen) atoms. The number of rotatable bonds is 5. The molecular formula is C11H23N3O3. The van der Waals surface area contributed by atoms with Gasteiger partial charge < -0.3 is 9.84 Å². The van der Waals surface area contributed by atoms with Crippen molar-refractivity contribution in [1.29, 1.82) is 0 Å². The van der Waals surface area contributed by atoms with Gasteiger partial charge in [-0.1, -0.05) is 12.8 Å². The van der Waals surface area contributed by atoms with E-state index in [1.54, 1.807) is 7.11 Å². The van der Waals surface area contributed by atoms with Crippen molar-refractivity contribution in [1.82, 2.24) is 10.3 Å². The lowest BCUT2D eigenvalue weighted by Gasteiger charge is -2.38. The van der Waals surface area contributed by atoms with Crippen LogP contribution in [-0.4, -0.2) is 54.9 Å². The maximum atomic E-state index is 11.7. The van der Waals surface area contributed by atoms with Gasteiger partial charge in [0.05, 0.1) is 12.7 Å². The second-order valence-electron chi connectivity index (χ2n) is 4.56. The minimum Gasteiger partial charge on any atom is -0.391 e. The maximum absolute atomic E-state index is 11.7. The summed E-state index contributed by atoms with van der Waals surface area (Å²) in [6, 6.07) is -0.455. The van der Waals surface area contributed by atoms with Gasteiger partial charge >= 0.3 is 0 Å². The number of hydrazine groups is 1. The van der Waals surface area contributed by atoms with Crippen LogP contribution in [0.5, 0.6) is 0 Å². The van der Waals surface area contributed by atoms with Crippen LogP contribution < -0.4 is 11.3 Å². The fourth-order valence-electron chi connectivity index (χ4n) is 2.43. The van der Waals surface area contributed by atoms with E-state index >= 15 is 0 Å². The van der Waals surface area contributed by atoms with E-state index < -0.39 is 6.04 Å². The third-order valence-electron chi connectivity index (χ3n) is 3.48. The molecule has 1 amide bonds. The first-order valence-electron chi connectivity index (χ1n) is 6.01. The molecule has 0 radical (unpaired) electrons. The monoisotopic (exact) mass is 245 g/mol. The Hall–Kier alpha value is -0.690. The van der Waals surface area contributed by atoms with Crippen molar-refractivity contribution >= 4 is 5.91 Å². The SMILES string of the molecule is COCC(C(=O)NN)N(C)C1CCCCC1O. The number of aliphatic hydroxyl groups is 1. The molecule has 100 valence electrons. The Balaban J connectivity index is 2.68. The summed E-state index contributed by atoms with van der Waals surface area (Å²) in [6.07, 6.45) is 3.44. The van der Waals surface area contributed by atoms with E-state index in [2.05, 4.69) is 5.43 Å². The zero-order valence-electron chi connectivity index (χ0n) is 10.6. The maximum Gasteiger partial charge on any atom is 0.253 e. The molecule has 3 atom stereocenters. The number of methoxy groups -OCH3 is 1. The predicted octanol–water partition coefficient (Wildman–Crippen LogP) is -0.773. The van der Waals surface area contributed by atoms with Crippen LogP contribution in [0, 0.1) is 0 Å². The smallest absolute Gasteiger partial charge is 0.253 e. The Labute approximate surface area is 102 Å². The highest BCUT2D eigenvalue weighted by atomic mass is 16.5. The Morgan fingerprint density at radius 3 is 2.76 bits per heavy atom. The molecule has 0 spiro atoms. The van der Waals surface area contributed by atoms with E-state index in [4.69, 9.17) is 10.6 Å². The Bertz CT molecular complexity index is 250. The number of nitrogens with zero attached hydrogens (tertiary/aromatic N) is 1. The molecule has 0 heterocycles. The van der Waals surface area contributed by atoms with Crippen molar-refractivity contribution in [2.45, 2.75) is 43.9 Å². The molecule has 4 N–H and O–H groups in total. The number of ether oxygens (including phenoxy) is 1. The van der Waals surface area contributed by atoms with Crippen LogP contribution in [0.4, 0.5) is 0 Å². The first kappa shape index (κ1) is 14.4. The highest BCUT2D eigenvalue weighted by Crippen LogP contribution is 2.23. The Morgan fingerprint density at radius 2 is 2.24 bits per heavy atom. The van der Waals surface area contributed by atoms with Crippen LogP contribution in [0.1, 0.15) is 25.7 Å². The summed E-state index contributed by atoms with van der Waals surface area (Å²) < 4.78 is 5.03. The van der Waals surface area contributed by atoms with Crippen molar-refractivity contribution in [3.8, 4) is 0 Å². The topological polar surface area (TPSA) is 87.8 Å². The van der Waals surface area contributed by atoms with Crippen LogP contribution in [0.2, 0.25) is 0 Å². The number of carbonyl (C=O) groups is 1. The van der Waals surface area contributed by atoms with E-state index in [1.807, 2.05) is 11.9 Å². The van der Waals surface area contributed by atoms with Gasteiger partial charge in [-0.3, -0.25) is 15.1 Å². The third kappa shape index (κ3) is 3.64. The zero-order chi connectivity index (χ0) is 12.8. The van der Waals surface area contributed by atoms with Gasteiger partial charge in [0.25, 0.3) is 5.91 Å².